The predicted molar refractivity (Wildman–Crippen MR) is 158 cm³/mol. The maximum absolute atomic E-state index is 10.9. The number of nitrogens with one attached hydrogen (secondary N) is 1. The SMILES string of the molecule is CC.CC(c1ccc(Cl)cc1)N1CCC(CN(CCN)c2ccc(C=O)cn2)CC1.CCNC.CCl. The van der Waals surface area contributed by atoms with Crippen molar-refractivity contribution in [3.8, 4) is 0 Å². The summed E-state index contributed by atoms with van der Waals surface area (Å²) in [7, 11) is 1.93. The summed E-state index contributed by atoms with van der Waals surface area (Å²) in [4.78, 5) is 20.1. The number of benzene rings is 1. The molecule has 0 radical (unpaired) electrons. The standard InChI is InChI=1S/C22H29ClN4O.C3H9N.C2H6.CH3Cl/c1-17(20-3-5-21(23)6-4-20)26-11-8-18(9-12-26)15-27(13-10-24)22-7-2-19(16-28)14-25-22;1-3-4-2;2*1-2/h2-7,14,16-18H,8-13,15,24H2,1H3;4H,3H2,1-2H3;1-2H3;1H3. The van der Waals surface area contributed by atoms with Crippen LogP contribution in [0.25, 0.3) is 0 Å². The van der Waals surface area contributed by atoms with Crippen molar-refractivity contribution in [3.63, 3.8) is 0 Å². The number of nitrogens with two attached hydrogens (primary N) is 1. The van der Waals surface area contributed by atoms with Gasteiger partial charge in [-0.1, -0.05) is 44.5 Å². The minimum atomic E-state index is 0.399. The Bertz CT molecular complexity index is 780. The highest BCUT2D eigenvalue weighted by Crippen LogP contribution is 2.28. The Labute approximate surface area is 229 Å². The van der Waals surface area contributed by atoms with E-state index in [4.69, 9.17) is 17.3 Å². The normalized spacial score (nSPS) is 14.1. The largest absolute Gasteiger partial charge is 0.355 e. The van der Waals surface area contributed by atoms with Gasteiger partial charge in [0.2, 0.25) is 0 Å². The summed E-state index contributed by atoms with van der Waals surface area (Å²) in [5, 5.41) is 3.71. The van der Waals surface area contributed by atoms with E-state index in [1.807, 2.05) is 45.2 Å². The molecule has 1 fully saturated rings. The Balaban J connectivity index is 0.00000137. The van der Waals surface area contributed by atoms with Crippen LogP contribution in [0.2, 0.25) is 5.02 Å². The molecular formula is C28H47Cl2N5O. The van der Waals surface area contributed by atoms with Crippen molar-refractivity contribution < 1.29 is 4.79 Å². The molecule has 1 unspecified atom stereocenters. The van der Waals surface area contributed by atoms with Gasteiger partial charge in [-0.2, -0.15) is 0 Å². The van der Waals surface area contributed by atoms with E-state index in [1.165, 1.54) is 11.9 Å². The molecule has 0 amide bonds. The Kier molecular flexibility index (Phi) is 20.4. The van der Waals surface area contributed by atoms with Crippen molar-refractivity contribution in [1.29, 1.82) is 0 Å². The summed E-state index contributed by atoms with van der Waals surface area (Å²) in [5.41, 5.74) is 7.73. The molecule has 0 bridgehead atoms. The lowest BCUT2D eigenvalue weighted by Crippen LogP contribution is -2.41. The minimum absolute atomic E-state index is 0.399. The summed E-state index contributed by atoms with van der Waals surface area (Å²) in [6.45, 7) is 13.9. The third-order valence-electron chi connectivity index (χ3n) is 6.01. The van der Waals surface area contributed by atoms with Gasteiger partial charge in [0.25, 0.3) is 0 Å². The van der Waals surface area contributed by atoms with Crippen LogP contribution in [0.1, 0.15) is 62.5 Å². The number of anilines is 1. The van der Waals surface area contributed by atoms with Gasteiger partial charge in [0.15, 0.2) is 6.29 Å². The van der Waals surface area contributed by atoms with Gasteiger partial charge >= 0.3 is 0 Å². The van der Waals surface area contributed by atoms with Crippen molar-refractivity contribution in [1.82, 2.24) is 15.2 Å². The molecule has 0 saturated carbocycles. The van der Waals surface area contributed by atoms with Gasteiger partial charge < -0.3 is 16.0 Å². The quantitative estimate of drug-likeness (QED) is 0.305. The highest BCUT2D eigenvalue weighted by molar-refractivity contribution is 6.30. The second-order valence-electron chi connectivity index (χ2n) is 8.22. The summed E-state index contributed by atoms with van der Waals surface area (Å²) in [6.07, 6.45) is 6.24. The number of pyridine rings is 1. The van der Waals surface area contributed by atoms with Crippen molar-refractivity contribution in [3.05, 3.63) is 58.7 Å². The van der Waals surface area contributed by atoms with Crippen LogP contribution in [0, 0.1) is 5.92 Å². The molecule has 1 atom stereocenters. The second kappa shape index (κ2) is 21.4. The van der Waals surface area contributed by atoms with E-state index in [1.54, 1.807) is 6.20 Å². The maximum Gasteiger partial charge on any atom is 0.151 e. The Hall–Kier alpha value is -1.70. The molecule has 0 aliphatic carbocycles. The molecular weight excluding hydrogens is 493 g/mol. The minimum Gasteiger partial charge on any atom is -0.355 e. The van der Waals surface area contributed by atoms with Crippen molar-refractivity contribution in [2.24, 2.45) is 11.7 Å². The highest BCUT2D eigenvalue weighted by atomic mass is 35.5. The predicted octanol–water partition coefficient (Wildman–Crippen LogP) is 5.89. The number of likely N-dealkylation sites (tertiary alicyclic amines) is 1. The summed E-state index contributed by atoms with van der Waals surface area (Å²) in [6, 6.07) is 12.3. The zero-order valence-corrected chi connectivity index (χ0v) is 24.5. The number of carbonyl (C=O) groups excluding carboxylic acids is 1. The molecule has 204 valence electrons. The molecule has 1 aliphatic heterocycles. The van der Waals surface area contributed by atoms with Crippen LogP contribution in [-0.2, 0) is 0 Å². The molecule has 3 N–H and O–H groups in total. The van der Waals surface area contributed by atoms with Crippen LogP contribution in [0.3, 0.4) is 0 Å². The first-order valence-corrected chi connectivity index (χ1v) is 14.0. The molecule has 6 nitrogen and oxygen atoms in total. The molecule has 0 spiro atoms. The summed E-state index contributed by atoms with van der Waals surface area (Å²) < 4.78 is 0. The van der Waals surface area contributed by atoms with Crippen LogP contribution in [0.5, 0.6) is 0 Å². The molecule has 8 heteroatoms. The first-order chi connectivity index (χ1) is 17.5. The zero-order chi connectivity index (χ0) is 27.3. The highest BCUT2D eigenvalue weighted by Gasteiger charge is 2.25. The van der Waals surface area contributed by atoms with Gasteiger partial charge in [-0.3, -0.25) is 9.69 Å². The Morgan fingerprint density at radius 3 is 2.19 bits per heavy atom. The van der Waals surface area contributed by atoms with E-state index in [0.717, 1.165) is 62.7 Å². The van der Waals surface area contributed by atoms with E-state index < -0.39 is 0 Å². The van der Waals surface area contributed by atoms with Crippen LogP contribution < -0.4 is 16.0 Å². The van der Waals surface area contributed by atoms with Gasteiger partial charge in [-0.05, 0) is 82.2 Å². The second-order valence-corrected chi connectivity index (χ2v) is 8.65. The van der Waals surface area contributed by atoms with Crippen LogP contribution >= 0.6 is 23.2 Å². The van der Waals surface area contributed by atoms with Crippen LogP contribution in [0.4, 0.5) is 5.82 Å². The summed E-state index contributed by atoms with van der Waals surface area (Å²) in [5.74, 6) is 1.51. The van der Waals surface area contributed by atoms with Crippen molar-refractivity contribution in [2.75, 3.05) is 57.6 Å². The number of nitrogens with zero attached hydrogens (tertiary/aromatic N) is 3. The molecule has 3 rings (SSSR count). The number of carbonyl (C=O) groups is 1. The Morgan fingerprint density at radius 1 is 1.17 bits per heavy atom. The van der Waals surface area contributed by atoms with Gasteiger partial charge in [-0.25, -0.2) is 4.98 Å². The fraction of sp³-hybridized carbons (Fsp3) is 0.571. The molecule has 36 heavy (non-hydrogen) atoms. The third-order valence-corrected chi connectivity index (χ3v) is 6.26. The average molecular weight is 541 g/mol. The summed E-state index contributed by atoms with van der Waals surface area (Å²) >= 11 is 10.7. The number of aromatic nitrogens is 1. The third kappa shape index (κ3) is 12.5. The maximum atomic E-state index is 10.9. The molecule has 1 aromatic heterocycles. The first-order valence-electron chi connectivity index (χ1n) is 12.9. The van der Waals surface area contributed by atoms with E-state index in [9.17, 15) is 4.79 Å². The van der Waals surface area contributed by atoms with Crippen molar-refractivity contribution >= 4 is 35.3 Å². The topological polar surface area (TPSA) is 74.5 Å². The molecule has 2 heterocycles. The van der Waals surface area contributed by atoms with E-state index >= 15 is 0 Å². The van der Waals surface area contributed by atoms with Gasteiger partial charge in [-0.15, -0.1) is 11.6 Å². The van der Waals surface area contributed by atoms with Crippen molar-refractivity contribution in [2.45, 2.75) is 46.6 Å². The lowest BCUT2D eigenvalue weighted by Gasteiger charge is -2.38. The monoisotopic (exact) mass is 539 g/mol. The van der Waals surface area contributed by atoms with E-state index in [2.05, 4.69) is 57.7 Å². The molecule has 1 aliphatic rings. The number of hydrogen-bond acceptors (Lipinski definition) is 6. The average Bonchev–Trinajstić information content (AvgIpc) is 2.95. The molecule has 1 saturated heterocycles. The smallest absolute Gasteiger partial charge is 0.151 e. The number of rotatable bonds is 9. The number of piperidine rings is 1. The lowest BCUT2D eigenvalue weighted by molar-refractivity contribution is 0.112. The lowest BCUT2D eigenvalue weighted by atomic mass is 9.94. The van der Waals surface area contributed by atoms with Crippen LogP contribution in [-0.4, -0.2) is 68.9 Å². The number of alkyl halides is 1. The Morgan fingerprint density at radius 2 is 1.75 bits per heavy atom. The van der Waals surface area contributed by atoms with Gasteiger partial charge in [0, 0.05) is 48.8 Å². The van der Waals surface area contributed by atoms with E-state index in [0.29, 0.717) is 24.1 Å². The fourth-order valence-electron chi connectivity index (χ4n) is 3.90. The number of aldehydes is 1. The van der Waals surface area contributed by atoms with Gasteiger partial charge in [0.1, 0.15) is 5.82 Å². The van der Waals surface area contributed by atoms with Crippen LogP contribution in [0.15, 0.2) is 42.6 Å². The zero-order valence-electron chi connectivity index (χ0n) is 23.0. The molecule has 2 aromatic rings. The fourth-order valence-corrected chi connectivity index (χ4v) is 4.02. The number of hydrogen-bond donors (Lipinski definition) is 2. The molecule has 1 aromatic carbocycles. The van der Waals surface area contributed by atoms with Gasteiger partial charge in [0.05, 0.1) is 0 Å². The number of halogens is 2. The van der Waals surface area contributed by atoms with E-state index in [-0.39, 0.29) is 0 Å². The first kappa shape index (κ1) is 34.3.